The molecule has 0 radical (unpaired) electrons. The van der Waals surface area contributed by atoms with Crippen LogP contribution in [0.15, 0.2) is 61.1 Å². The van der Waals surface area contributed by atoms with E-state index >= 15 is 0 Å². The molecule has 0 spiro atoms. The molecule has 1 fully saturated rings. The Morgan fingerprint density at radius 1 is 1.00 bits per heavy atom. The maximum atomic E-state index is 9.94. The summed E-state index contributed by atoms with van der Waals surface area (Å²) in [6, 6.07) is 13.5. The highest BCUT2D eigenvalue weighted by atomic mass is 16.5. The maximum absolute atomic E-state index is 9.94. The number of anilines is 5. The Morgan fingerprint density at radius 2 is 1.94 bits per heavy atom. The van der Waals surface area contributed by atoms with E-state index in [4.69, 9.17) is 10.6 Å². The van der Waals surface area contributed by atoms with Gasteiger partial charge in [-0.2, -0.15) is 0 Å². The van der Waals surface area contributed by atoms with Crippen LogP contribution in [0.25, 0.3) is 10.9 Å². The summed E-state index contributed by atoms with van der Waals surface area (Å²) in [5, 5.41) is 20.7. The third-order valence-electron chi connectivity index (χ3n) is 5.45. The molecule has 1 aliphatic heterocycles. The van der Waals surface area contributed by atoms with Crippen LogP contribution in [-0.2, 0) is 11.3 Å². The number of aliphatic hydroxyl groups excluding tert-OH is 1. The fourth-order valence-electron chi connectivity index (χ4n) is 3.70. The lowest BCUT2D eigenvalue weighted by atomic mass is 10.1. The second-order valence-corrected chi connectivity index (χ2v) is 7.89. The fourth-order valence-corrected chi connectivity index (χ4v) is 3.70. The summed E-state index contributed by atoms with van der Waals surface area (Å²) in [6.07, 6.45) is 4.48. The van der Waals surface area contributed by atoms with Crippen LogP contribution in [0.3, 0.4) is 0 Å². The van der Waals surface area contributed by atoms with Crippen molar-refractivity contribution in [3.63, 3.8) is 0 Å². The zero-order valence-electron chi connectivity index (χ0n) is 18.3. The average Bonchev–Trinajstić information content (AvgIpc) is 3.27. The van der Waals surface area contributed by atoms with E-state index in [1.54, 1.807) is 18.6 Å². The molecule has 0 aliphatic carbocycles. The first-order valence-electron chi connectivity index (χ1n) is 10.8. The van der Waals surface area contributed by atoms with Crippen LogP contribution >= 0.6 is 0 Å². The lowest BCUT2D eigenvalue weighted by Crippen LogP contribution is -2.32. The van der Waals surface area contributed by atoms with Gasteiger partial charge in [-0.25, -0.2) is 20.8 Å². The Morgan fingerprint density at radius 3 is 2.79 bits per heavy atom. The second-order valence-electron chi connectivity index (χ2n) is 7.89. The van der Waals surface area contributed by atoms with Gasteiger partial charge < -0.3 is 31.2 Å². The van der Waals surface area contributed by atoms with E-state index in [2.05, 4.69) is 47.4 Å². The molecule has 0 bridgehead atoms. The van der Waals surface area contributed by atoms with Crippen LogP contribution < -0.4 is 27.2 Å². The molecule has 11 heteroatoms. The molecule has 0 amide bonds. The van der Waals surface area contributed by atoms with Crippen molar-refractivity contribution >= 4 is 39.9 Å². The first kappa shape index (κ1) is 21.8. The normalized spacial score (nSPS) is 17.5. The van der Waals surface area contributed by atoms with Crippen molar-refractivity contribution in [2.75, 3.05) is 34.6 Å². The number of hydrazine groups is 1. The van der Waals surface area contributed by atoms with E-state index in [1.165, 1.54) is 0 Å². The molecule has 3 aromatic heterocycles. The molecule has 7 N–H and O–H groups in total. The predicted octanol–water partition coefficient (Wildman–Crippen LogP) is 2.23. The largest absolute Gasteiger partial charge is 0.388 e. The number of hydrogen-bond donors (Lipinski definition) is 6. The molecule has 0 saturated carbocycles. The fraction of sp³-hybridized carbons (Fsp3) is 0.217. The summed E-state index contributed by atoms with van der Waals surface area (Å²) in [6.45, 7) is 1.29. The molecule has 4 heterocycles. The van der Waals surface area contributed by atoms with Crippen molar-refractivity contribution in [2.45, 2.75) is 18.7 Å². The number of hydrogen-bond acceptors (Lipinski definition) is 11. The van der Waals surface area contributed by atoms with Crippen molar-refractivity contribution in [3.05, 3.63) is 66.6 Å². The number of ether oxygens (including phenoxy) is 1. The zero-order chi connectivity index (χ0) is 23.3. The summed E-state index contributed by atoms with van der Waals surface area (Å²) >= 11 is 0. The minimum atomic E-state index is -0.562. The number of fused-ring (bicyclic) bond motifs is 1. The van der Waals surface area contributed by atoms with Gasteiger partial charge in [-0.15, -0.1) is 0 Å². The number of nitrogens with two attached hydrogens (primary N) is 1. The highest BCUT2D eigenvalue weighted by Crippen LogP contribution is 2.23. The van der Waals surface area contributed by atoms with Crippen LogP contribution in [0, 0.1) is 0 Å². The first-order valence-corrected chi connectivity index (χ1v) is 10.8. The van der Waals surface area contributed by atoms with Crippen molar-refractivity contribution in [2.24, 2.45) is 5.84 Å². The van der Waals surface area contributed by atoms with Crippen LogP contribution in [0.5, 0.6) is 0 Å². The molecule has 174 valence electrons. The maximum Gasteiger partial charge on any atom is 0.183 e. The Kier molecular flexibility index (Phi) is 6.29. The van der Waals surface area contributed by atoms with Crippen molar-refractivity contribution < 1.29 is 9.84 Å². The van der Waals surface area contributed by atoms with Crippen LogP contribution in [0.2, 0.25) is 0 Å². The standard InChI is InChI=1S/C23H25N9O2/c24-32-23-22(27-10-14-3-4-17-15(8-14)2-1-6-25-17)31-21(11-28-23)29-16-5-7-26-20(9-16)30-18-12-34-13-19(18)33/h1-9,11,18-19,33H,10,12-13,24H2,(H,28,32)(H3,26,27,29,30,31). The smallest absolute Gasteiger partial charge is 0.183 e. The molecular formula is C23H25N9O2. The number of nitrogen functional groups attached to an aromatic ring is 1. The highest BCUT2D eigenvalue weighted by Gasteiger charge is 2.26. The van der Waals surface area contributed by atoms with Crippen LogP contribution in [-0.4, -0.2) is 50.4 Å². The van der Waals surface area contributed by atoms with Gasteiger partial charge in [0.05, 0.1) is 37.1 Å². The third-order valence-corrected chi connectivity index (χ3v) is 5.45. The average molecular weight is 460 g/mol. The Bertz CT molecular complexity index is 1290. The molecule has 2 atom stereocenters. The van der Waals surface area contributed by atoms with Crippen molar-refractivity contribution in [1.82, 2.24) is 19.9 Å². The SMILES string of the molecule is NNc1ncc(Nc2ccnc(NC3COCC3O)c2)nc1NCc1ccc2ncccc2c1. The lowest BCUT2D eigenvalue weighted by molar-refractivity contribution is 0.125. The van der Waals surface area contributed by atoms with Gasteiger partial charge in [-0.3, -0.25) is 4.98 Å². The van der Waals surface area contributed by atoms with Crippen LogP contribution in [0.4, 0.5) is 29.0 Å². The Labute approximate surface area is 195 Å². The monoisotopic (exact) mass is 459 g/mol. The van der Waals surface area contributed by atoms with Gasteiger partial charge in [0.1, 0.15) is 5.82 Å². The molecule has 4 aromatic rings. The second kappa shape index (κ2) is 9.83. The van der Waals surface area contributed by atoms with E-state index in [0.717, 1.165) is 22.2 Å². The number of pyridine rings is 2. The lowest BCUT2D eigenvalue weighted by Gasteiger charge is -2.16. The van der Waals surface area contributed by atoms with E-state index < -0.39 is 6.10 Å². The molecular weight excluding hydrogens is 434 g/mol. The van der Waals surface area contributed by atoms with Gasteiger partial charge in [-0.05, 0) is 29.8 Å². The zero-order valence-corrected chi connectivity index (χ0v) is 18.3. The Balaban J connectivity index is 1.29. The third kappa shape index (κ3) is 4.96. The summed E-state index contributed by atoms with van der Waals surface area (Å²) < 4.78 is 5.28. The minimum absolute atomic E-state index is 0.195. The van der Waals surface area contributed by atoms with Gasteiger partial charge >= 0.3 is 0 Å². The van der Waals surface area contributed by atoms with Gasteiger partial charge in [0.2, 0.25) is 0 Å². The van der Waals surface area contributed by atoms with Crippen molar-refractivity contribution in [3.8, 4) is 0 Å². The summed E-state index contributed by atoms with van der Waals surface area (Å²) in [5.74, 6) is 7.73. The molecule has 1 aromatic carbocycles. The quantitative estimate of drug-likeness (QED) is 0.170. The molecule has 11 nitrogen and oxygen atoms in total. The molecule has 5 rings (SSSR count). The summed E-state index contributed by atoms with van der Waals surface area (Å²) in [4.78, 5) is 17.6. The van der Waals surface area contributed by atoms with Gasteiger partial charge in [0.15, 0.2) is 17.5 Å². The number of nitrogens with zero attached hydrogens (tertiary/aromatic N) is 4. The number of nitrogens with one attached hydrogen (secondary N) is 4. The topological polar surface area (TPSA) is 155 Å². The number of rotatable bonds is 8. The molecule has 1 saturated heterocycles. The number of aliphatic hydroxyl groups is 1. The van der Waals surface area contributed by atoms with Gasteiger partial charge in [0.25, 0.3) is 0 Å². The van der Waals surface area contributed by atoms with Crippen LogP contribution in [0.1, 0.15) is 5.56 Å². The molecule has 34 heavy (non-hydrogen) atoms. The van der Waals surface area contributed by atoms with E-state index in [-0.39, 0.29) is 6.04 Å². The van der Waals surface area contributed by atoms with E-state index in [1.807, 2.05) is 36.4 Å². The molecule has 1 aliphatic rings. The van der Waals surface area contributed by atoms with E-state index in [0.29, 0.717) is 43.0 Å². The van der Waals surface area contributed by atoms with Gasteiger partial charge in [-0.1, -0.05) is 12.1 Å². The highest BCUT2D eigenvalue weighted by molar-refractivity contribution is 5.79. The van der Waals surface area contributed by atoms with Crippen molar-refractivity contribution in [1.29, 1.82) is 0 Å². The first-order chi connectivity index (χ1) is 16.7. The number of benzene rings is 1. The predicted molar refractivity (Wildman–Crippen MR) is 131 cm³/mol. The number of aromatic nitrogens is 4. The summed E-state index contributed by atoms with van der Waals surface area (Å²) in [5.41, 5.74) is 5.36. The van der Waals surface area contributed by atoms with E-state index in [9.17, 15) is 5.11 Å². The Hall–Kier alpha value is -4.06. The molecule has 2 unspecified atom stereocenters. The summed E-state index contributed by atoms with van der Waals surface area (Å²) in [7, 11) is 0. The minimum Gasteiger partial charge on any atom is -0.388 e. The van der Waals surface area contributed by atoms with Gasteiger partial charge in [0, 0.05) is 36.1 Å².